The molecule has 6 heteroatoms. The number of hydrogen-bond acceptors (Lipinski definition) is 4. The molecule has 4 nitrogen and oxygen atoms in total. The Morgan fingerprint density at radius 3 is 2.88 bits per heavy atom. The number of alkyl carbamates (subject to hydrolysis) is 1. The third-order valence-corrected chi connectivity index (χ3v) is 3.31. The Morgan fingerprint density at radius 1 is 1.50 bits per heavy atom. The van der Waals surface area contributed by atoms with Crippen molar-refractivity contribution < 1.29 is 14.3 Å². The van der Waals surface area contributed by atoms with Crippen LogP contribution in [-0.4, -0.2) is 31.4 Å². The summed E-state index contributed by atoms with van der Waals surface area (Å²) in [4.78, 5) is 23.7. The molecule has 1 rings (SSSR count). The molecule has 1 aromatic rings. The highest BCUT2D eigenvalue weighted by Gasteiger charge is 2.07. The molecule has 0 fully saturated rings. The number of halogens is 1. The van der Waals surface area contributed by atoms with Crippen LogP contribution in [0, 0.1) is 0 Å². The molecule has 0 spiro atoms. The standard InChI is InChI=1S/C10H12ClNO3S/c1-15-10(14)12-5-4-7-2-3-9(16-7)8(13)6-11/h2-3H,4-6H2,1H3,(H,12,14). The third kappa shape index (κ3) is 3.83. The van der Waals surface area contributed by atoms with E-state index >= 15 is 0 Å². The van der Waals surface area contributed by atoms with Crippen LogP contribution in [0.15, 0.2) is 12.1 Å². The first kappa shape index (κ1) is 13.0. The van der Waals surface area contributed by atoms with Gasteiger partial charge in [-0.15, -0.1) is 22.9 Å². The van der Waals surface area contributed by atoms with E-state index in [2.05, 4.69) is 10.1 Å². The smallest absolute Gasteiger partial charge is 0.406 e. The molecule has 88 valence electrons. The molecule has 0 aliphatic carbocycles. The second kappa shape index (κ2) is 6.50. The van der Waals surface area contributed by atoms with Crippen LogP contribution in [0.25, 0.3) is 0 Å². The number of nitrogens with one attached hydrogen (secondary N) is 1. The number of ether oxygens (including phenoxy) is 1. The number of thiophene rings is 1. The number of hydrogen-bond donors (Lipinski definition) is 1. The monoisotopic (exact) mass is 261 g/mol. The van der Waals surface area contributed by atoms with Gasteiger partial charge < -0.3 is 10.1 Å². The van der Waals surface area contributed by atoms with Crippen molar-refractivity contribution in [3.63, 3.8) is 0 Å². The molecule has 0 saturated heterocycles. The third-order valence-electron chi connectivity index (χ3n) is 1.88. The average Bonchev–Trinajstić information content (AvgIpc) is 2.76. The molecular formula is C10H12ClNO3S. The summed E-state index contributed by atoms with van der Waals surface area (Å²) < 4.78 is 4.43. The number of methoxy groups -OCH3 is 1. The minimum atomic E-state index is -0.450. The van der Waals surface area contributed by atoms with Crippen LogP contribution in [-0.2, 0) is 11.2 Å². The second-order valence-electron chi connectivity index (χ2n) is 2.99. The Labute approximate surface area is 103 Å². The first-order valence-electron chi connectivity index (χ1n) is 4.67. The number of carbonyl (C=O) groups excluding carboxylic acids is 2. The van der Waals surface area contributed by atoms with Gasteiger partial charge in [-0.25, -0.2) is 4.79 Å². The molecule has 0 aliphatic heterocycles. The van der Waals surface area contributed by atoms with Crippen LogP contribution in [0.3, 0.4) is 0 Å². The zero-order valence-electron chi connectivity index (χ0n) is 8.79. The van der Waals surface area contributed by atoms with E-state index in [1.165, 1.54) is 18.4 Å². The second-order valence-corrected chi connectivity index (χ2v) is 4.43. The highest BCUT2D eigenvalue weighted by Crippen LogP contribution is 2.17. The molecule has 0 aromatic carbocycles. The van der Waals surface area contributed by atoms with Crippen molar-refractivity contribution in [2.75, 3.05) is 19.5 Å². The van der Waals surface area contributed by atoms with Crippen molar-refractivity contribution in [2.24, 2.45) is 0 Å². The van der Waals surface area contributed by atoms with E-state index in [1.807, 2.05) is 6.07 Å². The minimum Gasteiger partial charge on any atom is -0.453 e. The van der Waals surface area contributed by atoms with Crippen molar-refractivity contribution in [1.29, 1.82) is 0 Å². The fraction of sp³-hybridized carbons (Fsp3) is 0.400. The Morgan fingerprint density at radius 2 is 2.25 bits per heavy atom. The number of ketones is 1. The fourth-order valence-electron chi connectivity index (χ4n) is 1.09. The summed E-state index contributed by atoms with van der Waals surface area (Å²) in [5.41, 5.74) is 0. The predicted molar refractivity (Wildman–Crippen MR) is 63.5 cm³/mol. The molecular weight excluding hydrogens is 250 g/mol. The van der Waals surface area contributed by atoms with Crippen LogP contribution in [0.2, 0.25) is 0 Å². The maximum atomic E-state index is 11.2. The van der Waals surface area contributed by atoms with Gasteiger partial charge in [-0.1, -0.05) is 0 Å². The van der Waals surface area contributed by atoms with Gasteiger partial charge >= 0.3 is 6.09 Å². The highest BCUT2D eigenvalue weighted by molar-refractivity contribution is 7.14. The Hall–Kier alpha value is -1.07. The van der Waals surface area contributed by atoms with Crippen molar-refractivity contribution in [3.05, 3.63) is 21.9 Å². The van der Waals surface area contributed by atoms with Crippen molar-refractivity contribution in [3.8, 4) is 0 Å². The molecule has 0 saturated carbocycles. The molecule has 1 aromatic heterocycles. The summed E-state index contributed by atoms with van der Waals surface area (Å²) in [5.74, 6) is -0.0702. The molecule has 0 radical (unpaired) electrons. The van der Waals surface area contributed by atoms with Gasteiger partial charge in [0.15, 0.2) is 5.78 Å². The van der Waals surface area contributed by atoms with Gasteiger partial charge in [-0.3, -0.25) is 4.79 Å². The predicted octanol–water partition coefficient (Wildman–Crippen LogP) is 2.07. The molecule has 0 bridgehead atoms. The number of carbonyl (C=O) groups is 2. The van der Waals surface area contributed by atoms with Gasteiger partial charge in [0, 0.05) is 11.4 Å². The Kier molecular flexibility index (Phi) is 5.28. The summed E-state index contributed by atoms with van der Waals surface area (Å²) in [6, 6.07) is 3.62. The summed E-state index contributed by atoms with van der Waals surface area (Å²) in [7, 11) is 1.32. The fourth-order valence-corrected chi connectivity index (χ4v) is 2.26. The largest absolute Gasteiger partial charge is 0.453 e. The molecule has 1 amide bonds. The van der Waals surface area contributed by atoms with E-state index in [0.717, 1.165) is 4.88 Å². The Balaban J connectivity index is 2.41. The van der Waals surface area contributed by atoms with Gasteiger partial charge in [0.1, 0.15) is 0 Å². The SMILES string of the molecule is COC(=O)NCCc1ccc(C(=O)CCl)s1. The zero-order valence-corrected chi connectivity index (χ0v) is 10.4. The van der Waals surface area contributed by atoms with E-state index in [-0.39, 0.29) is 11.7 Å². The van der Waals surface area contributed by atoms with Crippen LogP contribution in [0.5, 0.6) is 0 Å². The van der Waals surface area contributed by atoms with Gasteiger partial charge in [-0.05, 0) is 18.6 Å². The van der Waals surface area contributed by atoms with E-state index < -0.39 is 6.09 Å². The first-order chi connectivity index (χ1) is 7.67. The number of amides is 1. The van der Waals surface area contributed by atoms with Crippen molar-refractivity contribution in [2.45, 2.75) is 6.42 Å². The summed E-state index contributed by atoms with van der Waals surface area (Å²) >= 11 is 6.84. The van der Waals surface area contributed by atoms with Gasteiger partial charge in [0.25, 0.3) is 0 Å². The lowest BCUT2D eigenvalue weighted by molar-refractivity contribution is 0.102. The van der Waals surface area contributed by atoms with E-state index in [1.54, 1.807) is 6.07 Å². The van der Waals surface area contributed by atoms with Crippen molar-refractivity contribution in [1.82, 2.24) is 5.32 Å². The lowest BCUT2D eigenvalue weighted by atomic mass is 10.3. The first-order valence-corrected chi connectivity index (χ1v) is 6.02. The maximum Gasteiger partial charge on any atom is 0.406 e. The summed E-state index contributed by atoms with van der Waals surface area (Å²) in [5, 5.41) is 2.57. The highest BCUT2D eigenvalue weighted by atomic mass is 35.5. The lowest BCUT2D eigenvalue weighted by Crippen LogP contribution is -2.24. The van der Waals surface area contributed by atoms with Gasteiger partial charge in [0.2, 0.25) is 0 Å². The van der Waals surface area contributed by atoms with Gasteiger partial charge in [0.05, 0.1) is 17.9 Å². The molecule has 0 unspecified atom stereocenters. The lowest BCUT2D eigenvalue weighted by Gasteiger charge is -2.01. The average molecular weight is 262 g/mol. The van der Waals surface area contributed by atoms with Crippen LogP contribution < -0.4 is 5.32 Å². The van der Waals surface area contributed by atoms with Crippen molar-refractivity contribution >= 4 is 34.8 Å². The minimum absolute atomic E-state index is 0.000361. The van der Waals surface area contributed by atoms with Gasteiger partial charge in [-0.2, -0.15) is 0 Å². The molecule has 0 atom stereocenters. The topological polar surface area (TPSA) is 55.4 Å². The summed E-state index contributed by atoms with van der Waals surface area (Å²) in [6.07, 6.45) is 0.226. The normalized spacial score (nSPS) is 9.88. The number of rotatable bonds is 5. The number of alkyl halides is 1. The Bertz CT molecular complexity index is 378. The summed E-state index contributed by atoms with van der Waals surface area (Å²) in [6.45, 7) is 0.488. The number of Topliss-reactive ketones (excluding diaryl/α,β-unsaturated/α-hetero) is 1. The van der Waals surface area contributed by atoms with Crippen LogP contribution in [0.4, 0.5) is 4.79 Å². The van der Waals surface area contributed by atoms with E-state index in [9.17, 15) is 9.59 Å². The molecule has 16 heavy (non-hydrogen) atoms. The molecule has 1 heterocycles. The quantitative estimate of drug-likeness (QED) is 0.652. The van der Waals surface area contributed by atoms with E-state index in [4.69, 9.17) is 11.6 Å². The maximum absolute atomic E-state index is 11.2. The molecule has 0 aliphatic rings. The van der Waals surface area contributed by atoms with Crippen LogP contribution >= 0.6 is 22.9 Å². The molecule has 1 N–H and O–H groups in total. The zero-order chi connectivity index (χ0) is 12.0. The van der Waals surface area contributed by atoms with Crippen LogP contribution in [0.1, 0.15) is 14.5 Å². The van der Waals surface area contributed by atoms with E-state index in [0.29, 0.717) is 17.8 Å².